The smallest absolute Gasteiger partial charge is 0.345 e. The van der Waals surface area contributed by atoms with Gasteiger partial charge < -0.3 is 14.6 Å². The molecule has 0 unspecified atom stereocenters. The van der Waals surface area contributed by atoms with Crippen molar-refractivity contribution in [3.63, 3.8) is 0 Å². The van der Waals surface area contributed by atoms with Crippen LogP contribution in [-0.2, 0) is 11.3 Å². The van der Waals surface area contributed by atoms with E-state index in [1.54, 1.807) is 13.8 Å². The van der Waals surface area contributed by atoms with Gasteiger partial charge in [0.15, 0.2) is 0 Å². The van der Waals surface area contributed by atoms with E-state index < -0.39 is 12.0 Å². The van der Waals surface area contributed by atoms with Crippen molar-refractivity contribution in [3.05, 3.63) is 47.2 Å². The van der Waals surface area contributed by atoms with Crippen LogP contribution in [-0.4, -0.2) is 23.8 Å². The maximum absolute atomic E-state index is 11.9. The number of hydrogen-bond acceptors (Lipinski definition) is 5. The first-order valence-corrected chi connectivity index (χ1v) is 6.84. The fourth-order valence-electron chi connectivity index (χ4n) is 1.82. The number of hydrogen-bond donors (Lipinski definition) is 2. The number of anilines is 1. The minimum atomic E-state index is -0.584. The zero-order chi connectivity index (χ0) is 15.9. The first-order chi connectivity index (χ1) is 10.6. The highest BCUT2D eigenvalue weighted by molar-refractivity contribution is 5.99. The summed E-state index contributed by atoms with van der Waals surface area (Å²) in [5.41, 5.74) is 1.44. The Morgan fingerprint density at radius 2 is 2.00 bits per heavy atom. The van der Waals surface area contributed by atoms with Crippen molar-refractivity contribution >= 4 is 17.9 Å². The van der Waals surface area contributed by atoms with Crippen LogP contribution in [0.25, 0.3) is 0 Å². The molecule has 0 aliphatic carbocycles. The fraction of sp³-hybridized carbons (Fsp3) is 0.267. The molecule has 2 amide bonds. The second-order valence-electron chi connectivity index (χ2n) is 4.49. The van der Waals surface area contributed by atoms with E-state index >= 15 is 0 Å². The largest absolute Gasteiger partial charge is 0.462 e. The molecular formula is C15H17N3O4. The number of rotatable bonds is 5. The van der Waals surface area contributed by atoms with E-state index in [1.807, 2.05) is 30.3 Å². The minimum Gasteiger partial charge on any atom is -0.462 e. The summed E-state index contributed by atoms with van der Waals surface area (Å²) in [4.78, 5) is 23.7. The Labute approximate surface area is 127 Å². The maximum atomic E-state index is 11.9. The van der Waals surface area contributed by atoms with Gasteiger partial charge in [-0.15, -0.1) is 0 Å². The topological polar surface area (TPSA) is 93.5 Å². The van der Waals surface area contributed by atoms with Crippen LogP contribution in [0.15, 0.2) is 34.9 Å². The molecule has 0 atom stereocenters. The second-order valence-corrected chi connectivity index (χ2v) is 4.49. The summed E-state index contributed by atoms with van der Waals surface area (Å²) in [6, 6.07) is 8.95. The number of nitrogens with zero attached hydrogens (tertiary/aromatic N) is 1. The number of esters is 1. The first-order valence-electron chi connectivity index (χ1n) is 6.84. The molecule has 2 aromatic rings. The van der Waals surface area contributed by atoms with Gasteiger partial charge in [-0.2, -0.15) is 0 Å². The highest BCUT2D eigenvalue weighted by Gasteiger charge is 2.23. The number of nitrogens with one attached hydrogen (secondary N) is 2. The molecule has 22 heavy (non-hydrogen) atoms. The molecule has 0 radical (unpaired) electrons. The Morgan fingerprint density at radius 1 is 1.27 bits per heavy atom. The first kappa shape index (κ1) is 15.6. The third-order valence-electron chi connectivity index (χ3n) is 2.87. The Morgan fingerprint density at radius 3 is 2.68 bits per heavy atom. The predicted octanol–water partition coefficient (Wildman–Crippen LogP) is 2.48. The van der Waals surface area contributed by atoms with Crippen molar-refractivity contribution in [2.75, 3.05) is 11.9 Å². The maximum Gasteiger partial charge on any atom is 0.345 e. The van der Waals surface area contributed by atoms with Gasteiger partial charge in [0, 0.05) is 6.54 Å². The second kappa shape index (κ2) is 7.26. The molecule has 0 aliphatic rings. The van der Waals surface area contributed by atoms with Gasteiger partial charge in [0.1, 0.15) is 5.56 Å². The molecule has 2 rings (SSSR count). The van der Waals surface area contributed by atoms with Gasteiger partial charge in [0.05, 0.1) is 12.3 Å². The number of aromatic nitrogens is 1. The van der Waals surface area contributed by atoms with Crippen LogP contribution in [0.5, 0.6) is 0 Å². The third-order valence-corrected chi connectivity index (χ3v) is 2.87. The molecule has 0 saturated carbocycles. The van der Waals surface area contributed by atoms with E-state index in [2.05, 4.69) is 15.8 Å². The van der Waals surface area contributed by atoms with Crippen molar-refractivity contribution in [1.29, 1.82) is 0 Å². The number of urea groups is 1. The molecule has 7 nitrogen and oxygen atoms in total. The lowest BCUT2D eigenvalue weighted by Crippen LogP contribution is -2.28. The molecule has 1 aromatic carbocycles. The Balaban J connectivity index is 1.98. The average molecular weight is 303 g/mol. The van der Waals surface area contributed by atoms with Crippen LogP contribution in [0.3, 0.4) is 0 Å². The van der Waals surface area contributed by atoms with Crippen molar-refractivity contribution in [3.8, 4) is 0 Å². The number of carbonyl (C=O) groups excluding carboxylic acids is 2. The Kier molecular flexibility index (Phi) is 5.13. The zero-order valence-corrected chi connectivity index (χ0v) is 12.4. The number of benzene rings is 1. The summed E-state index contributed by atoms with van der Waals surface area (Å²) in [5.74, 6) is -0.610. The molecule has 1 heterocycles. The van der Waals surface area contributed by atoms with E-state index in [0.717, 1.165) is 5.56 Å². The van der Waals surface area contributed by atoms with Crippen LogP contribution in [0.2, 0.25) is 0 Å². The van der Waals surface area contributed by atoms with Crippen LogP contribution >= 0.6 is 0 Å². The summed E-state index contributed by atoms with van der Waals surface area (Å²) in [5, 5.41) is 8.80. The molecule has 116 valence electrons. The number of aryl methyl sites for hydroxylation is 1. The van der Waals surface area contributed by atoms with Crippen LogP contribution in [0.1, 0.15) is 28.5 Å². The molecule has 0 fully saturated rings. The van der Waals surface area contributed by atoms with Gasteiger partial charge in [-0.1, -0.05) is 35.5 Å². The molecular weight excluding hydrogens is 286 g/mol. The summed E-state index contributed by atoms with van der Waals surface area (Å²) >= 11 is 0. The number of amides is 2. The number of ether oxygens (including phenoxy) is 1. The predicted molar refractivity (Wildman–Crippen MR) is 79.5 cm³/mol. The van der Waals surface area contributed by atoms with Gasteiger partial charge in [0.2, 0.25) is 5.88 Å². The molecule has 0 spiro atoms. The van der Waals surface area contributed by atoms with E-state index in [0.29, 0.717) is 12.2 Å². The Bertz CT molecular complexity index is 652. The molecule has 0 saturated heterocycles. The summed E-state index contributed by atoms with van der Waals surface area (Å²) in [7, 11) is 0. The van der Waals surface area contributed by atoms with E-state index in [9.17, 15) is 9.59 Å². The van der Waals surface area contributed by atoms with Gasteiger partial charge in [-0.05, 0) is 19.4 Å². The monoisotopic (exact) mass is 303 g/mol. The van der Waals surface area contributed by atoms with E-state index in [1.165, 1.54) is 0 Å². The molecule has 2 N–H and O–H groups in total. The SMILES string of the molecule is CCOC(=O)c1c(C)noc1NC(=O)NCc1ccccc1. The van der Waals surface area contributed by atoms with Gasteiger partial charge in [-0.3, -0.25) is 5.32 Å². The van der Waals surface area contributed by atoms with E-state index in [4.69, 9.17) is 9.26 Å². The Hall–Kier alpha value is -2.83. The van der Waals surface area contributed by atoms with Crippen molar-refractivity contribution in [2.24, 2.45) is 0 Å². The summed E-state index contributed by atoms with van der Waals surface area (Å²) in [6.07, 6.45) is 0. The lowest BCUT2D eigenvalue weighted by molar-refractivity contribution is 0.0526. The highest BCUT2D eigenvalue weighted by atomic mass is 16.5. The molecule has 0 bridgehead atoms. The van der Waals surface area contributed by atoms with Crippen LogP contribution in [0, 0.1) is 6.92 Å². The van der Waals surface area contributed by atoms with E-state index in [-0.39, 0.29) is 18.1 Å². The van der Waals surface area contributed by atoms with Crippen LogP contribution < -0.4 is 10.6 Å². The molecule has 0 aliphatic heterocycles. The molecule has 7 heteroatoms. The van der Waals surface area contributed by atoms with Crippen LogP contribution in [0.4, 0.5) is 10.7 Å². The van der Waals surface area contributed by atoms with Gasteiger partial charge >= 0.3 is 12.0 Å². The van der Waals surface area contributed by atoms with Crippen molar-refractivity contribution in [2.45, 2.75) is 20.4 Å². The lowest BCUT2D eigenvalue weighted by atomic mass is 10.2. The standard InChI is InChI=1S/C15H17N3O4/c1-3-21-14(19)12-10(2)18-22-13(12)17-15(20)16-9-11-7-5-4-6-8-11/h4-8H,3,9H2,1-2H3,(H2,16,17,20). The average Bonchev–Trinajstić information content (AvgIpc) is 2.87. The van der Waals surface area contributed by atoms with Gasteiger partial charge in [0.25, 0.3) is 0 Å². The fourth-order valence-corrected chi connectivity index (χ4v) is 1.82. The number of carbonyl (C=O) groups is 2. The normalized spacial score (nSPS) is 10.1. The minimum absolute atomic E-state index is 0.0264. The summed E-state index contributed by atoms with van der Waals surface area (Å²) < 4.78 is 9.87. The van der Waals surface area contributed by atoms with Gasteiger partial charge in [-0.25, -0.2) is 9.59 Å². The summed E-state index contributed by atoms with van der Waals surface area (Å²) in [6.45, 7) is 3.88. The van der Waals surface area contributed by atoms with Crippen molar-refractivity contribution in [1.82, 2.24) is 10.5 Å². The molecule has 1 aromatic heterocycles. The third kappa shape index (κ3) is 3.85. The highest BCUT2D eigenvalue weighted by Crippen LogP contribution is 2.20. The lowest BCUT2D eigenvalue weighted by Gasteiger charge is -2.06. The zero-order valence-electron chi connectivity index (χ0n) is 12.4. The van der Waals surface area contributed by atoms with Crippen molar-refractivity contribution < 1.29 is 18.8 Å². The quantitative estimate of drug-likeness (QED) is 0.828.